The molecule has 4 heteroatoms. The highest BCUT2D eigenvalue weighted by Crippen LogP contribution is 2.46. The van der Waals surface area contributed by atoms with Gasteiger partial charge < -0.3 is 4.90 Å². The van der Waals surface area contributed by atoms with Crippen molar-refractivity contribution < 1.29 is 0 Å². The molecule has 0 aliphatic heterocycles. The molecular formula is C27H20N2S2. The smallest absolute Gasteiger partial charge is 0.129 e. The van der Waals surface area contributed by atoms with Crippen LogP contribution >= 0.6 is 24.0 Å². The quantitative estimate of drug-likeness (QED) is 0.279. The Hall–Kier alpha value is -3.34. The largest absolute Gasteiger partial charge is 0.300 e. The first-order valence-corrected chi connectivity index (χ1v) is 11.3. The van der Waals surface area contributed by atoms with E-state index < -0.39 is 0 Å². The maximum Gasteiger partial charge on any atom is 0.129 e. The van der Waals surface area contributed by atoms with Gasteiger partial charge in [-0.25, -0.2) is 4.98 Å². The van der Waals surface area contributed by atoms with Gasteiger partial charge in [0.25, 0.3) is 0 Å². The number of rotatable bonds is 5. The van der Waals surface area contributed by atoms with Crippen molar-refractivity contribution in [1.29, 1.82) is 0 Å². The van der Waals surface area contributed by atoms with Gasteiger partial charge in [-0.3, -0.25) is 0 Å². The van der Waals surface area contributed by atoms with Gasteiger partial charge in [-0.2, -0.15) is 0 Å². The summed E-state index contributed by atoms with van der Waals surface area (Å²) in [4.78, 5) is 8.34. The first kappa shape index (κ1) is 19.6. The average molecular weight is 437 g/mol. The molecule has 0 aliphatic rings. The van der Waals surface area contributed by atoms with E-state index in [0.717, 1.165) is 43.1 Å². The number of thiazole rings is 1. The average Bonchev–Trinajstić information content (AvgIpc) is 3.27. The number of hydrogen-bond donors (Lipinski definition) is 1. The number of anilines is 3. The van der Waals surface area contributed by atoms with Crippen LogP contribution in [0.3, 0.4) is 0 Å². The third-order valence-corrected chi connectivity index (χ3v) is 6.39. The van der Waals surface area contributed by atoms with Crippen LogP contribution < -0.4 is 4.90 Å². The van der Waals surface area contributed by atoms with Crippen LogP contribution in [0.4, 0.5) is 16.4 Å². The second kappa shape index (κ2) is 8.80. The van der Waals surface area contributed by atoms with Gasteiger partial charge in [0.15, 0.2) is 0 Å². The number of aromatic nitrogens is 1. The number of nitrogens with zero attached hydrogens (tertiary/aromatic N) is 2. The van der Waals surface area contributed by atoms with E-state index in [1.165, 1.54) is 0 Å². The molecular weight excluding hydrogens is 416 g/mol. The van der Waals surface area contributed by atoms with Gasteiger partial charge in [-0.1, -0.05) is 90.2 Å². The summed E-state index contributed by atoms with van der Waals surface area (Å²) < 4.78 is 0. The second-order valence-electron chi connectivity index (χ2n) is 7.09. The summed E-state index contributed by atoms with van der Waals surface area (Å²) >= 11 is 6.13. The lowest BCUT2D eigenvalue weighted by Crippen LogP contribution is -2.09. The van der Waals surface area contributed by atoms with Crippen LogP contribution in [0.5, 0.6) is 0 Å². The number of para-hydroxylation sites is 2. The number of thiol groups is 1. The second-order valence-corrected chi connectivity index (χ2v) is 8.59. The third-order valence-electron chi connectivity index (χ3n) is 5.00. The van der Waals surface area contributed by atoms with Crippen molar-refractivity contribution in [2.24, 2.45) is 0 Å². The van der Waals surface area contributed by atoms with Crippen LogP contribution in [0, 0.1) is 0 Å². The summed E-state index contributed by atoms with van der Waals surface area (Å²) in [6.45, 7) is 0. The summed E-state index contributed by atoms with van der Waals surface area (Å²) in [5, 5.41) is 2.08. The van der Waals surface area contributed by atoms with Gasteiger partial charge in [0.1, 0.15) is 15.7 Å². The Balaban J connectivity index is 1.74. The van der Waals surface area contributed by atoms with Gasteiger partial charge in [-0.15, -0.1) is 12.6 Å². The molecule has 0 spiro atoms. The van der Waals surface area contributed by atoms with E-state index in [9.17, 15) is 0 Å². The van der Waals surface area contributed by atoms with E-state index in [-0.39, 0.29) is 0 Å². The lowest BCUT2D eigenvalue weighted by Gasteiger charge is -2.24. The van der Waals surface area contributed by atoms with Gasteiger partial charge >= 0.3 is 0 Å². The summed E-state index contributed by atoms with van der Waals surface area (Å²) in [6, 6.07) is 39.5. The van der Waals surface area contributed by atoms with E-state index >= 15 is 0 Å². The Morgan fingerprint density at radius 1 is 0.581 bits per heavy atom. The SMILES string of the molecule is Sc1ccc(-c2nc(-c3ccccc3)c(N(c3ccccc3)c3ccccc3)s2)cc1. The van der Waals surface area contributed by atoms with E-state index in [0.29, 0.717) is 0 Å². The third kappa shape index (κ3) is 4.13. The highest BCUT2D eigenvalue weighted by Gasteiger charge is 2.22. The standard InChI is InChI=1S/C27H20N2S2/c30-24-18-16-21(17-19-24)26-28-25(20-10-4-1-5-11-20)27(31-26)29(22-12-6-2-7-13-22)23-14-8-3-9-15-23/h1-19,30H. The van der Waals surface area contributed by atoms with Crippen LogP contribution in [0.25, 0.3) is 21.8 Å². The normalized spacial score (nSPS) is 10.7. The van der Waals surface area contributed by atoms with Crippen molar-refractivity contribution in [3.8, 4) is 21.8 Å². The Kier molecular flexibility index (Phi) is 5.57. The molecule has 0 amide bonds. The minimum Gasteiger partial charge on any atom is -0.300 e. The lowest BCUT2D eigenvalue weighted by molar-refractivity contribution is 1.29. The highest BCUT2D eigenvalue weighted by atomic mass is 32.1. The molecule has 1 heterocycles. The van der Waals surface area contributed by atoms with Crippen LogP contribution in [0.2, 0.25) is 0 Å². The molecule has 0 saturated carbocycles. The molecule has 0 bridgehead atoms. The Morgan fingerprint density at radius 3 is 1.65 bits per heavy atom. The first-order valence-electron chi connectivity index (χ1n) is 10.1. The Labute approximate surface area is 191 Å². The molecule has 5 aromatic rings. The van der Waals surface area contributed by atoms with Crippen LogP contribution in [-0.4, -0.2) is 4.98 Å². The maximum atomic E-state index is 5.10. The monoisotopic (exact) mass is 436 g/mol. The molecule has 0 aliphatic carbocycles. The fourth-order valence-corrected chi connectivity index (χ4v) is 4.80. The zero-order valence-electron chi connectivity index (χ0n) is 16.7. The van der Waals surface area contributed by atoms with Crippen molar-refractivity contribution in [2.45, 2.75) is 4.90 Å². The fourth-order valence-electron chi connectivity index (χ4n) is 3.51. The molecule has 0 unspecified atom stereocenters. The summed E-state index contributed by atoms with van der Waals surface area (Å²) in [7, 11) is 0. The molecule has 5 rings (SSSR count). The Morgan fingerprint density at radius 2 is 1.10 bits per heavy atom. The van der Waals surface area contributed by atoms with Crippen molar-refractivity contribution in [1.82, 2.24) is 4.98 Å². The van der Waals surface area contributed by atoms with E-state index in [1.807, 2.05) is 30.3 Å². The van der Waals surface area contributed by atoms with Gasteiger partial charge in [0.05, 0.1) is 0 Å². The fraction of sp³-hybridized carbons (Fsp3) is 0. The first-order chi connectivity index (χ1) is 15.3. The minimum atomic E-state index is 0.944. The zero-order valence-corrected chi connectivity index (χ0v) is 18.4. The van der Waals surface area contributed by atoms with E-state index in [4.69, 9.17) is 4.98 Å². The van der Waals surface area contributed by atoms with Crippen molar-refractivity contribution in [3.63, 3.8) is 0 Å². The Bertz CT molecular complexity index is 1230. The van der Waals surface area contributed by atoms with E-state index in [1.54, 1.807) is 11.3 Å². The number of benzene rings is 4. The van der Waals surface area contributed by atoms with Crippen LogP contribution in [-0.2, 0) is 0 Å². The molecule has 0 atom stereocenters. The molecule has 150 valence electrons. The molecule has 0 saturated heterocycles. The number of hydrogen-bond acceptors (Lipinski definition) is 4. The molecule has 31 heavy (non-hydrogen) atoms. The highest BCUT2D eigenvalue weighted by molar-refractivity contribution is 7.80. The zero-order chi connectivity index (χ0) is 21.0. The van der Waals surface area contributed by atoms with Crippen LogP contribution in [0.15, 0.2) is 120 Å². The minimum absolute atomic E-state index is 0.944. The molecule has 2 nitrogen and oxygen atoms in total. The predicted molar refractivity (Wildman–Crippen MR) is 135 cm³/mol. The summed E-state index contributed by atoms with van der Waals surface area (Å²) in [6.07, 6.45) is 0. The topological polar surface area (TPSA) is 16.1 Å². The van der Waals surface area contributed by atoms with Crippen LogP contribution in [0.1, 0.15) is 0 Å². The van der Waals surface area contributed by atoms with E-state index in [2.05, 4.69) is 102 Å². The van der Waals surface area contributed by atoms with Crippen molar-refractivity contribution in [2.75, 3.05) is 4.90 Å². The lowest BCUT2D eigenvalue weighted by atomic mass is 10.1. The summed E-state index contributed by atoms with van der Waals surface area (Å²) in [5.41, 5.74) is 5.37. The maximum absolute atomic E-state index is 5.10. The van der Waals surface area contributed by atoms with Crippen molar-refractivity contribution in [3.05, 3.63) is 115 Å². The predicted octanol–water partition coefficient (Wildman–Crippen LogP) is 8.24. The van der Waals surface area contributed by atoms with Gasteiger partial charge in [-0.05, 0) is 36.4 Å². The van der Waals surface area contributed by atoms with Crippen molar-refractivity contribution >= 4 is 40.3 Å². The molecule has 4 aromatic carbocycles. The molecule has 0 radical (unpaired) electrons. The molecule has 0 N–H and O–H groups in total. The van der Waals surface area contributed by atoms with Gasteiger partial charge in [0.2, 0.25) is 0 Å². The summed E-state index contributed by atoms with van der Waals surface area (Å²) in [5.74, 6) is 0. The van der Waals surface area contributed by atoms with Gasteiger partial charge in [0, 0.05) is 27.4 Å². The molecule has 1 aromatic heterocycles. The molecule has 0 fully saturated rings.